The van der Waals surface area contributed by atoms with E-state index in [0.717, 1.165) is 0 Å². The van der Waals surface area contributed by atoms with Crippen LogP contribution in [0.2, 0.25) is 0 Å². The molecule has 6 heteroatoms. The van der Waals surface area contributed by atoms with Gasteiger partial charge in [-0.25, -0.2) is 4.79 Å². The lowest BCUT2D eigenvalue weighted by Crippen LogP contribution is -2.30. The number of benzene rings is 1. The van der Waals surface area contributed by atoms with Gasteiger partial charge in [0.2, 0.25) is 0 Å². The van der Waals surface area contributed by atoms with Crippen LogP contribution >= 0.6 is 0 Å². The van der Waals surface area contributed by atoms with Crippen LogP contribution in [0.5, 0.6) is 0 Å². The molecular formula is C15H15N3O3. The van der Waals surface area contributed by atoms with Crippen molar-refractivity contribution in [2.75, 3.05) is 5.32 Å². The van der Waals surface area contributed by atoms with Crippen molar-refractivity contribution >= 4 is 17.5 Å². The van der Waals surface area contributed by atoms with Crippen LogP contribution in [0.4, 0.5) is 10.5 Å². The van der Waals surface area contributed by atoms with Gasteiger partial charge in [0.15, 0.2) is 5.78 Å². The van der Waals surface area contributed by atoms with Crippen LogP contribution in [0.1, 0.15) is 22.8 Å². The van der Waals surface area contributed by atoms with Crippen molar-refractivity contribution in [2.45, 2.75) is 13.5 Å². The first-order chi connectivity index (χ1) is 10.1. The highest BCUT2D eigenvalue weighted by Crippen LogP contribution is 2.10. The van der Waals surface area contributed by atoms with E-state index in [4.69, 9.17) is 0 Å². The maximum Gasteiger partial charge on any atom is 0.319 e. The third-order valence-electron chi connectivity index (χ3n) is 2.87. The number of anilines is 1. The summed E-state index contributed by atoms with van der Waals surface area (Å²) in [5.41, 5.74) is 1.26. The Bertz CT molecular complexity index is 722. The first-order valence-corrected chi connectivity index (χ1v) is 6.38. The molecular weight excluding hydrogens is 270 g/mol. The minimum atomic E-state index is -0.445. The Balaban J connectivity index is 1.96. The second-order valence-electron chi connectivity index (χ2n) is 4.47. The van der Waals surface area contributed by atoms with E-state index in [1.807, 2.05) is 0 Å². The van der Waals surface area contributed by atoms with Gasteiger partial charge >= 0.3 is 6.03 Å². The molecule has 1 heterocycles. The van der Waals surface area contributed by atoms with Gasteiger partial charge in [-0.05, 0) is 25.1 Å². The number of Topliss-reactive ketones (excluding diaryl/α,β-unsaturated/α-hetero) is 1. The summed E-state index contributed by atoms with van der Waals surface area (Å²) in [7, 11) is 0. The average molecular weight is 285 g/mol. The highest BCUT2D eigenvalue weighted by Gasteiger charge is 2.05. The number of H-pyrrole nitrogens is 1. The van der Waals surface area contributed by atoms with Crippen molar-refractivity contribution in [3.63, 3.8) is 0 Å². The van der Waals surface area contributed by atoms with Gasteiger partial charge in [-0.15, -0.1) is 0 Å². The van der Waals surface area contributed by atoms with Crippen LogP contribution in [0, 0.1) is 0 Å². The smallest absolute Gasteiger partial charge is 0.319 e. The maximum absolute atomic E-state index is 11.8. The van der Waals surface area contributed by atoms with Gasteiger partial charge in [0.1, 0.15) is 0 Å². The van der Waals surface area contributed by atoms with Crippen LogP contribution in [0.25, 0.3) is 0 Å². The second-order valence-corrected chi connectivity index (χ2v) is 4.47. The molecule has 0 spiro atoms. The standard InChI is InChI=1S/C15H15N3O3/c1-10(19)11-4-2-6-13(8-11)18-15(21)17-9-12-5-3-7-16-14(12)20/h2-8H,9H2,1H3,(H,16,20)(H2,17,18,21). The predicted octanol–water partition coefficient (Wildman–Crippen LogP) is 1.90. The molecule has 1 aromatic carbocycles. The molecule has 2 amide bonds. The predicted molar refractivity (Wildman–Crippen MR) is 79.4 cm³/mol. The Labute approximate surface area is 121 Å². The zero-order valence-corrected chi connectivity index (χ0v) is 11.5. The van der Waals surface area contributed by atoms with E-state index in [0.29, 0.717) is 16.8 Å². The highest BCUT2D eigenvalue weighted by molar-refractivity contribution is 5.96. The molecule has 0 saturated heterocycles. The zero-order valence-electron chi connectivity index (χ0n) is 11.5. The summed E-state index contributed by atoms with van der Waals surface area (Å²) < 4.78 is 0. The summed E-state index contributed by atoms with van der Waals surface area (Å²) in [5, 5.41) is 5.19. The van der Waals surface area contributed by atoms with Gasteiger partial charge in [-0.1, -0.05) is 18.2 Å². The minimum absolute atomic E-state index is 0.0742. The van der Waals surface area contributed by atoms with Crippen LogP contribution in [0.3, 0.4) is 0 Å². The van der Waals surface area contributed by atoms with Crippen LogP contribution in [0.15, 0.2) is 47.4 Å². The number of ketones is 1. The quantitative estimate of drug-likeness (QED) is 0.749. The summed E-state index contributed by atoms with van der Waals surface area (Å²) in [6, 6.07) is 9.52. The largest absolute Gasteiger partial charge is 0.334 e. The Morgan fingerprint density at radius 1 is 1.19 bits per heavy atom. The Kier molecular flexibility index (Phi) is 4.50. The molecule has 6 nitrogen and oxygen atoms in total. The van der Waals surface area contributed by atoms with Crippen molar-refractivity contribution in [1.29, 1.82) is 0 Å². The van der Waals surface area contributed by atoms with Gasteiger partial charge in [-0.3, -0.25) is 9.59 Å². The third kappa shape index (κ3) is 4.04. The molecule has 1 aromatic heterocycles. The summed E-state index contributed by atoms with van der Waals surface area (Å²) in [4.78, 5) is 37.0. The second kappa shape index (κ2) is 6.51. The molecule has 108 valence electrons. The lowest BCUT2D eigenvalue weighted by Gasteiger charge is -2.08. The molecule has 0 unspecified atom stereocenters. The van der Waals surface area contributed by atoms with Crippen molar-refractivity contribution in [3.05, 3.63) is 64.1 Å². The molecule has 0 bridgehead atoms. The molecule has 0 saturated carbocycles. The highest BCUT2D eigenvalue weighted by atomic mass is 16.2. The zero-order chi connectivity index (χ0) is 15.2. The van der Waals surface area contributed by atoms with E-state index in [1.54, 1.807) is 36.4 Å². The number of aromatic amines is 1. The lowest BCUT2D eigenvalue weighted by atomic mass is 10.1. The molecule has 0 aliphatic heterocycles. The SMILES string of the molecule is CC(=O)c1cccc(NC(=O)NCc2ccc[nH]c2=O)c1. The molecule has 0 aliphatic rings. The monoisotopic (exact) mass is 285 g/mol. The number of carbonyl (C=O) groups is 2. The number of aromatic nitrogens is 1. The number of hydrogen-bond donors (Lipinski definition) is 3. The van der Waals surface area contributed by atoms with Gasteiger partial charge < -0.3 is 15.6 Å². The number of carbonyl (C=O) groups excluding carboxylic acids is 2. The van der Waals surface area contributed by atoms with Crippen LogP contribution < -0.4 is 16.2 Å². The first-order valence-electron chi connectivity index (χ1n) is 6.38. The maximum atomic E-state index is 11.8. The molecule has 2 aromatic rings. The van der Waals surface area contributed by atoms with Crippen LogP contribution in [-0.2, 0) is 6.54 Å². The molecule has 3 N–H and O–H groups in total. The summed E-state index contributed by atoms with van der Waals surface area (Å²) >= 11 is 0. The number of amides is 2. The van der Waals surface area contributed by atoms with E-state index < -0.39 is 6.03 Å². The fraction of sp³-hybridized carbons (Fsp3) is 0.133. The Hall–Kier alpha value is -2.89. The molecule has 0 aliphatic carbocycles. The number of urea groups is 1. The molecule has 0 radical (unpaired) electrons. The van der Waals surface area contributed by atoms with Gasteiger partial charge in [0.25, 0.3) is 5.56 Å². The fourth-order valence-electron chi connectivity index (χ4n) is 1.76. The van der Waals surface area contributed by atoms with Crippen molar-refractivity contribution in [2.24, 2.45) is 0 Å². The first kappa shape index (κ1) is 14.5. The summed E-state index contributed by atoms with van der Waals surface area (Å²) in [6.07, 6.45) is 1.53. The Morgan fingerprint density at radius 3 is 2.71 bits per heavy atom. The van der Waals surface area contributed by atoms with Crippen molar-refractivity contribution < 1.29 is 9.59 Å². The molecule has 0 fully saturated rings. The van der Waals surface area contributed by atoms with Gasteiger partial charge in [-0.2, -0.15) is 0 Å². The fourth-order valence-corrected chi connectivity index (χ4v) is 1.76. The van der Waals surface area contributed by atoms with Gasteiger partial charge in [0, 0.05) is 29.6 Å². The summed E-state index contributed by atoms with van der Waals surface area (Å²) in [6.45, 7) is 1.58. The number of pyridine rings is 1. The summed E-state index contributed by atoms with van der Waals surface area (Å²) in [5.74, 6) is -0.0742. The average Bonchev–Trinajstić information content (AvgIpc) is 2.46. The molecule has 2 rings (SSSR count). The van der Waals surface area contributed by atoms with E-state index in [1.165, 1.54) is 13.1 Å². The van der Waals surface area contributed by atoms with E-state index in [-0.39, 0.29) is 17.9 Å². The molecule has 21 heavy (non-hydrogen) atoms. The number of nitrogens with one attached hydrogen (secondary N) is 3. The molecule has 0 atom stereocenters. The van der Waals surface area contributed by atoms with E-state index in [2.05, 4.69) is 15.6 Å². The van der Waals surface area contributed by atoms with E-state index in [9.17, 15) is 14.4 Å². The lowest BCUT2D eigenvalue weighted by molar-refractivity contribution is 0.101. The number of hydrogen-bond acceptors (Lipinski definition) is 3. The van der Waals surface area contributed by atoms with E-state index >= 15 is 0 Å². The third-order valence-corrected chi connectivity index (χ3v) is 2.87. The van der Waals surface area contributed by atoms with Crippen molar-refractivity contribution in [3.8, 4) is 0 Å². The van der Waals surface area contributed by atoms with Crippen molar-refractivity contribution in [1.82, 2.24) is 10.3 Å². The van der Waals surface area contributed by atoms with Gasteiger partial charge in [0.05, 0.1) is 0 Å². The van der Waals surface area contributed by atoms with Crippen LogP contribution in [-0.4, -0.2) is 16.8 Å². The number of rotatable bonds is 4. The normalized spacial score (nSPS) is 9.95. The minimum Gasteiger partial charge on any atom is -0.334 e. The Morgan fingerprint density at radius 2 is 2.00 bits per heavy atom. The topological polar surface area (TPSA) is 91.1 Å².